The topological polar surface area (TPSA) is 55.1 Å². The van der Waals surface area contributed by atoms with Crippen LogP contribution in [0.2, 0.25) is 0 Å². The molecule has 0 aromatic carbocycles. The standard InChI is InChI=1S/C11H22N2O/c1-3-5-11(6-7-11)8-13-9(4-2)10(12)14/h9,13H,3-8H2,1-2H3,(H2,12,14). The summed E-state index contributed by atoms with van der Waals surface area (Å²) in [7, 11) is 0. The lowest BCUT2D eigenvalue weighted by molar-refractivity contribution is -0.120. The van der Waals surface area contributed by atoms with Crippen molar-refractivity contribution in [1.29, 1.82) is 0 Å². The van der Waals surface area contributed by atoms with Crippen LogP contribution in [0.5, 0.6) is 0 Å². The highest BCUT2D eigenvalue weighted by molar-refractivity contribution is 5.79. The minimum absolute atomic E-state index is 0.135. The van der Waals surface area contributed by atoms with Crippen molar-refractivity contribution < 1.29 is 4.79 Å². The monoisotopic (exact) mass is 198 g/mol. The number of nitrogens with one attached hydrogen (secondary N) is 1. The molecule has 3 N–H and O–H groups in total. The van der Waals surface area contributed by atoms with Gasteiger partial charge in [0.05, 0.1) is 6.04 Å². The number of amides is 1. The van der Waals surface area contributed by atoms with Gasteiger partial charge in [-0.25, -0.2) is 0 Å². The highest BCUT2D eigenvalue weighted by Crippen LogP contribution is 2.48. The normalized spacial score (nSPS) is 20.4. The molecule has 0 aliphatic heterocycles. The zero-order valence-electron chi connectivity index (χ0n) is 9.31. The Labute approximate surface area is 86.4 Å². The van der Waals surface area contributed by atoms with E-state index < -0.39 is 0 Å². The van der Waals surface area contributed by atoms with Crippen LogP contribution in [-0.2, 0) is 4.79 Å². The van der Waals surface area contributed by atoms with Crippen LogP contribution in [-0.4, -0.2) is 18.5 Å². The van der Waals surface area contributed by atoms with Crippen molar-refractivity contribution in [2.75, 3.05) is 6.54 Å². The Morgan fingerprint density at radius 3 is 2.50 bits per heavy atom. The van der Waals surface area contributed by atoms with Crippen molar-refractivity contribution in [3.05, 3.63) is 0 Å². The molecule has 0 spiro atoms. The van der Waals surface area contributed by atoms with Crippen molar-refractivity contribution in [2.24, 2.45) is 11.1 Å². The summed E-state index contributed by atoms with van der Waals surface area (Å²) in [5.74, 6) is -0.222. The Balaban J connectivity index is 2.28. The number of rotatable bonds is 7. The molecular weight excluding hydrogens is 176 g/mol. The van der Waals surface area contributed by atoms with Gasteiger partial charge in [0.1, 0.15) is 0 Å². The first-order chi connectivity index (χ1) is 6.63. The van der Waals surface area contributed by atoms with Crippen LogP contribution in [0.1, 0.15) is 46.0 Å². The third-order valence-corrected chi connectivity index (χ3v) is 3.21. The van der Waals surface area contributed by atoms with Gasteiger partial charge in [-0.1, -0.05) is 20.3 Å². The lowest BCUT2D eigenvalue weighted by atomic mass is 10.00. The number of hydrogen-bond acceptors (Lipinski definition) is 2. The molecule has 1 aliphatic rings. The first-order valence-corrected chi connectivity index (χ1v) is 5.66. The number of carbonyl (C=O) groups is 1. The minimum atomic E-state index is -0.222. The molecule has 1 atom stereocenters. The quantitative estimate of drug-likeness (QED) is 0.650. The van der Waals surface area contributed by atoms with Crippen molar-refractivity contribution >= 4 is 5.91 Å². The smallest absolute Gasteiger partial charge is 0.234 e. The van der Waals surface area contributed by atoms with E-state index in [0.717, 1.165) is 13.0 Å². The van der Waals surface area contributed by atoms with E-state index in [0.29, 0.717) is 5.41 Å². The summed E-state index contributed by atoms with van der Waals surface area (Å²) in [5.41, 5.74) is 5.77. The van der Waals surface area contributed by atoms with E-state index in [4.69, 9.17) is 5.73 Å². The molecule has 1 unspecified atom stereocenters. The summed E-state index contributed by atoms with van der Waals surface area (Å²) in [4.78, 5) is 11.0. The van der Waals surface area contributed by atoms with Crippen LogP contribution in [0.3, 0.4) is 0 Å². The maximum atomic E-state index is 11.0. The highest BCUT2D eigenvalue weighted by atomic mass is 16.1. The molecule has 0 heterocycles. The van der Waals surface area contributed by atoms with Gasteiger partial charge in [-0.15, -0.1) is 0 Å². The van der Waals surface area contributed by atoms with Gasteiger partial charge < -0.3 is 11.1 Å². The van der Waals surface area contributed by atoms with Gasteiger partial charge in [0.2, 0.25) is 5.91 Å². The predicted molar refractivity (Wildman–Crippen MR) is 57.9 cm³/mol. The van der Waals surface area contributed by atoms with Gasteiger partial charge in [-0.05, 0) is 31.1 Å². The fraction of sp³-hybridized carbons (Fsp3) is 0.909. The van der Waals surface area contributed by atoms with Crippen molar-refractivity contribution in [3.8, 4) is 0 Å². The highest BCUT2D eigenvalue weighted by Gasteiger charge is 2.41. The fourth-order valence-electron chi connectivity index (χ4n) is 2.01. The summed E-state index contributed by atoms with van der Waals surface area (Å²) < 4.78 is 0. The van der Waals surface area contributed by atoms with E-state index in [9.17, 15) is 4.79 Å². The van der Waals surface area contributed by atoms with E-state index in [2.05, 4.69) is 12.2 Å². The SMILES string of the molecule is CCCC1(CNC(CC)C(N)=O)CC1. The second-order valence-electron chi connectivity index (χ2n) is 4.49. The fourth-order valence-corrected chi connectivity index (χ4v) is 2.01. The van der Waals surface area contributed by atoms with Gasteiger partial charge in [0.15, 0.2) is 0 Å². The van der Waals surface area contributed by atoms with Gasteiger partial charge in [-0.3, -0.25) is 4.79 Å². The third kappa shape index (κ3) is 2.98. The summed E-state index contributed by atoms with van der Waals surface area (Å²) in [6.45, 7) is 5.16. The third-order valence-electron chi connectivity index (χ3n) is 3.21. The Morgan fingerprint density at radius 1 is 1.50 bits per heavy atom. The number of nitrogens with two attached hydrogens (primary N) is 1. The summed E-state index contributed by atoms with van der Waals surface area (Å²) in [6, 6.07) is -0.135. The lowest BCUT2D eigenvalue weighted by Gasteiger charge is -2.19. The first kappa shape index (κ1) is 11.5. The zero-order chi connectivity index (χ0) is 10.6. The molecule has 0 aromatic heterocycles. The molecule has 0 bridgehead atoms. The van der Waals surface area contributed by atoms with Crippen molar-refractivity contribution in [3.63, 3.8) is 0 Å². The second kappa shape index (κ2) is 4.78. The molecule has 0 radical (unpaired) electrons. The molecular formula is C11H22N2O. The molecule has 14 heavy (non-hydrogen) atoms. The summed E-state index contributed by atoms with van der Waals surface area (Å²) in [5, 5.41) is 3.28. The molecule has 3 heteroatoms. The molecule has 0 aromatic rings. The lowest BCUT2D eigenvalue weighted by Crippen LogP contribution is -2.43. The maximum Gasteiger partial charge on any atom is 0.234 e. The first-order valence-electron chi connectivity index (χ1n) is 5.66. The van der Waals surface area contributed by atoms with Crippen LogP contribution < -0.4 is 11.1 Å². The predicted octanol–water partition coefficient (Wildman–Crippen LogP) is 1.42. The van der Waals surface area contributed by atoms with E-state index in [1.807, 2.05) is 6.92 Å². The van der Waals surface area contributed by atoms with Gasteiger partial charge >= 0.3 is 0 Å². The van der Waals surface area contributed by atoms with Crippen LogP contribution in [0.25, 0.3) is 0 Å². The number of hydrogen-bond donors (Lipinski definition) is 2. The van der Waals surface area contributed by atoms with Crippen LogP contribution in [0.4, 0.5) is 0 Å². The average Bonchev–Trinajstić information content (AvgIpc) is 2.86. The molecule has 0 saturated heterocycles. The van der Waals surface area contributed by atoms with E-state index in [-0.39, 0.29) is 11.9 Å². The van der Waals surface area contributed by atoms with Crippen LogP contribution >= 0.6 is 0 Å². The molecule has 3 nitrogen and oxygen atoms in total. The van der Waals surface area contributed by atoms with Crippen LogP contribution in [0.15, 0.2) is 0 Å². The number of primary amides is 1. The Bertz CT molecular complexity index is 199. The van der Waals surface area contributed by atoms with E-state index in [1.54, 1.807) is 0 Å². The van der Waals surface area contributed by atoms with E-state index in [1.165, 1.54) is 25.7 Å². The molecule has 1 fully saturated rings. The van der Waals surface area contributed by atoms with Gasteiger partial charge in [0, 0.05) is 6.54 Å². The molecule has 1 amide bonds. The zero-order valence-corrected chi connectivity index (χ0v) is 9.31. The van der Waals surface area contributed by atoms with Crippen molar-refractivity contribution in [1.82, 2.24) is 5.32 Å². The second-order valence-corrected chi connectivity index (χ2v) is 4.49. The van der Waals surface area contributed by atoms with E-state index >= 15 is 0 Å². The average molecular weight is 198 g/mol. The molecule has 1 saturated carbocycles. The Hall–Kier alpha value is -0.570. The number of carbonyl (C=O) groups excluding carboxylic acids is 1. The minimum Gasteiger partial charge on any atom is -0.368 e. The van der Waals surface area contributed by atoms with Crippen LogP contribution in [0, 0.1) is 5.41 Å². The molecule has 82 valence electrons. The van der Waals surface area contributed by atoms with Crippen molar-refractivity contribution in [2.45, 2.75) is 52.0 Å². The Kier molecular flexibility index (Phi) is 3.93. The van der Waals surface area contributed by atoms with Gasteiger partial charge in [-0.2, -0.15) is 0 Å². The molecule has 1 rings (SSSR count). The summed E-state index contributed by atoms with van der Waals surface area (Å²) in [6.07, 6.45) is 5.91. The summed E-state index contributed by atoms with van der Waals surface area (Å²) >= 11 is 0. The Morgan fingerprint density at radius 2 is 2.14 bits per heavy atom. The maximum absolute atomic E-state index is 11.0. The molecule has 1 aliphatic carbocycles. The largest absolute Gasteiger partial charge is 0.368 e. The van der Waals surface area contributed by atoms with Gasteiger partial charge in [0.25, 0.3) is 0 Å².